The summed E-state index contributed by atoms with van der Waals surface area (Å²) < 4.78 is 30.0. The zero-order valence-electron chi connectivity index (χ0n) is 17.0. The first kappa shape index (κ1) is 23.2. The van der Waals surface area contributed by atoms with Gasteiger partial charge < -0.3 is 14.9 Å². The van der Waals surface area contributed by atoms with Gasteiger partial charge in [0.25, 0.3) is 0 Å². The van der Waals surface area contributed by atoms with Crippen molar-refractivity contribution in [3.05, 3.63) is 58.9 Å². The topological polar surface area (TPSA) is 131 Å². The Balaban J connectivity index is 2.37. The van der Waals surface area contributed by atoms with Crippen LogP contribution in [-0.2, 0) is 29.8 Å². The minimum Gasteiger partial charge on any atom is -0.506 e. The van der Waals surface area contributed by atoms with E-state index in [0.29, 0.717) is 5.56 Å². The van der Waals surface area contributed by atoms with E-state index in [1.165, 1.54) is 6.92 Å². The van der Waals surface area contributed by atoms with Crippen LogP contribution in [0.3, 0.4) is 0 Å². The van der Waals surface area contributed by atoms with Crippen molar-refractivity contribution in [2.24, 2.45) is 11.8 Å². The Morgan fingerprint density at radius 3 is 2.42 bits per heavy atom. The number of rotatable bonds is 5. The first-order valence-electron chi connectivity index (χ1n) is 9.37. The lowest BCUT2D eigenvalue weighted by atomic mass is 9.77. The normalized spacial score (nSPS) is 27.1. The molecule has 0 saturated heterocycles. The Morgan fingerprint density at radius 1 is 1.29 bits per heavy atom. The monoisotopic (exact) mass is 467 g/mol. The van der Waals surface area contributed by atoms with Gasteiger partial charge >= 0.3 is 5.97 Å². The number of hydrogen-bond donors (Lipinski definition) is 2. The number of carbonyl (C=O) groups is 2. The standard InChI is InChI=1S/C21H22ClNO7S/c1-11(31(3,28)29)17-15(12-7-5-4-6-8-12)16(20(26)30-2)19(25)21(17,27)18-14(24)9-13(22)10-23-18/h4-11,15-17,24,27H,1-3H3/t11?,15-,16-,17?,21+/m1/s1. The molecule has 8 nitrogen and oxygen atoms in total. The maximum Gasteiger partial charge on any atom is 0.316 e. The smallest absolute Gasteiger partial charge is 0.316 e. The van der Waals surface area contributed by atoms with Crippen LogP contribution < -0.4 is 0 Å². The number of ether oxygens (including phenoxy) is 1. The largest absolute Gasteiger partial charge is 0.506 e. The lowest BCUT2D eigenvalue weighted by Crippen LogP contribution is -2.46. The van der Waals surface area contributed by atoms with Crippen LogP contribution in [-0.4, -0.2) is 54.0 Å². The summed E-state index contributed by atoms with van der Waals surface area (Å²) in [4.78, 5) is 30.2. The van der Waals surface area contributed by atoms with E-state index in [0.717, 1.165) is 25.6 Å². The Kier molecular flexibility index (Phi) is 6.14. The van der Waals surface area contributed by atoms with Gasteiger partial charge in [-0.25, -0.2) is 8.42 Å². The molecule has 31 heavy (non-hydrogen) atoms. The van der Waals surface area contributed by atoms with E-state index in [9.17, 15) is 28.2 Å². The minimum absolute atomic E-state index is 0.0483. The SMILES string of the molecule is COC(=O)[C@H]1C(=O)[C@@](O)(c2ncc(Cl)cc2O)C(C(C)S(C)(=O)=O)[C@@H]1c1ccccc1. The second kappa shape index (κ2) is 8.22. The highest BCUT2D eigenvalue weighted by atomic mass is 35.5. The Bertz CT molecular complexity index is 1120. The van der Waals surface area contributed by atoms with Crippen molar-refractivity contribution in [3.63, 3.8) is 0 Å². The average molecular weight is 468 g/mol. The molecule has 1 aromatic carbocycles. The molecule has 1 aliphatic rings. The van der Waals surface area contributed by atoms with Crippen molar-refractivity contribution in [2.45, 2.75) is 23.7 Å². The number of ketones is 1. The first-order valence-corrected chi connectivity index (χ1v) is 11.7. The van der Waals surface area contributed by atoms with Gasteiger partial charge in [0.05, 0.1) is 17.4 Å². The number of nitrogens with zero attached hydrogens (tertiary/aromatic N) is 1. The van der Waals surface area contributed by atoms with E-state index in [1.807, 2.05) is 0 Å². The molecule has 0 radical (unpaired) electrons. The minimum atomic E-state index is -3.81. The van der Waals surface area contributed by atoms with Crippen LogP contribution in [0.5, 0.6) is 5.75 Å². The molecule has 1 heterocycles. The third-order valence-corrected chi connectivity index (χ3v) is 7.75. The Morgan fingerprint density at radius 2 is 1.90 bits per heavy atom. The molecule has 1 fully saturated rings. The molecule has 0 bridgehead atoms. The number of aliphatic hydroxyl groups is 1. The van der Waals surface area contributed by atoms with Crippen molar-refractivity contribution < 1.29 is 33.0 Å². The van der Waals surface area contributed by atoms with Crippen molar-refractivity contribution >= 4 is 33.2 Å². The van der Waals surface area contributed by atoms with Crippen LogP contribution in [0.1, 0.15) is 24.1 Å². The third kappa shape index (κ3) is 3.81. The molecule has 2 N–H and O–H groups in total. The van der Waals surface area contributed by atoms with Crippen LogP contribution in [0, 0.1) is 11.8 Å². The molecule has 0 aliphatic heterocycles. The fourth-order valence-electron chi connectivity index (χ4n) is 4.38. The summed E-state index contributed by atoms with van der Waals surface area (Å²) in [6, 6.07) is 9.42. The number of pyridine rings is 1. The molecule has 1 aromatic heterocycles. The fraction of sp³-hybridized carbons (Fsp3) is 0.381. The maximum atomic E-state index is 13.6. The van der Waals surface area contributed by atoms with Crippen molar-refractivity contribution in [2.75, 3.05) is 13.4 Å². The van der Waals surface area contributed by atoms with E-state index in [2.05, 4.69) is 4.98 Å². The average Bonchev–Trinajstić information content (AvgIpc) is 2.94. The summed E-state index contributed by atoms with van der Waals surface area (Å²) in [6.07, 6.45) is 2.10. The molecule has 5 atom stereocenters. The van der Waals surface area contributed by atoms with Crippen molar-refractivity contribution in [1.82, 2.24) is 4.98 Å². The predicted molar refractivity (Wildman–Crippen MR) is 112 cm³/mol. The number of Topliss-reactive ketones (excluding diaryl/α,β-unsaturated/α-hetero) is 1. The Hall–Kier alpha value is -2.49. The lowest BCUT2D eigenvalue weighted by Gasteiger charge is -2.34. The highest BCUT2D eigenvalue weighted by molar-refractivity contribution is 7.91. The summed E-state index contributed by atoms with van der Waals surface area (Å²) in [5.41, 5.74) is -2.58. The van der Waals surface area contributed by atoms with Crippen LogP contribution in [0.15, 0.2) is 42.6 Å². The van der Waals surface area contributed by atoms with Gasteiger partial charge in [-0.1, -0.05) is 41.9 Å². The zero-order valence-corrected chi connectivity index (χ0v) is 18.6. The first-order chi connectivity index (χ1) is 14.4. The van der Waals surface area contributed by atoms with Crippen molar-refractivity contribution in [3.8, 4) is 5.75 Å². The zero-order chi connectivity index (χ0) is 23.1. The van der Waals surface area contributed by atoms with E-state index >= 15 is 0 Å². The molecule has 1 aliphatic carbocycles. The van der Waals surface area contributed by atoms with Gasteiger partial charge in [-0.15, -0.1) is 0 Å². The van der Waals surface area contributed by atoms with Crippen LogP contribution in [0.2, 0.25) is 5.02 Å². The molecule has 1 saturated carbocycles. The third-order valence-electron chi connectivity index (χ3n) is 5.90. The molecule has 166 valence electrons. The number of halogens is 1. The van der Waals surface area contributed by atoms with Crippen LogP contribution in [0.25, 0.3) is 0 Å². The summed E-state index contributed by atoms with van der Waals surface area (Å²) in [6.45, 7) is 1.35. The number of esters is 1. The molecule has 10 heteroatoms. The molecule has 0 spiro atoms. The van der Waals surface area contributed by atoms with Gasteiger partial charge in [-0.2, -0.15) is 0 Å². The van der Waals surface area contributed by atoms with E-state index < -0.39 is 61.6 Å². The lowest BCUT2D eigenvalue weighted by molar-refractivity contribution is -0.153. The number of benzene rings is 1. The molecular weight excluding hydrogens is 446 g/mol. The second-order valence-electron chi connectivity index (χ2n) is 7.65. The van der Waals surface area contributed by atoms with Gasteiger partial charge in [-0.3, -0.25) is 14.6 Å². The van der Waals surface area contributed by atoms with Gasteiger partial charge in [0.2, 0.25) is 0 Å². The van der Waals surface area contributed by atoms with Gasteiger partial charge in [0.1, 0.15) is 27.2 Å². The number of aromatic nitrogens is 1. The van der Waals surface area contributed by atoms with E-state index in [-0.39, 0.29) is 5.02 Å². The number of carbonyl (C=O) groups excluding carboxylic acids is 2. The highest BCUT2D eigenvalue weighted by Gasteiger charge is 2.67. The summed E-state index contributed by atoms with van der Waals surface area (Å²) in [5, 5.41) is 21.0. The number of aromatic hydroxyl groups is 1. The Labute approximate surface area is 184 Å². The molecule has 2 aromatic rings. The molecular formula is C21H22ClNO7S. The van der Waals surface area contributed by atoms with Crippen molar-refractivity contribution in [1.29, 1.82) is 0 Å². The highest BCUT2D eigenvalue weighted by Crippen LogP contribution is 2.56. The molecule has 3 rings (SSSR count). The van der Waals surface area contributed by atoms with Gasteiger partial charge in [0.15, 0.2) is 11.4 Å². The number of sulfone groups is 1. The summed E-state index contributed by atoms with van der Waals surface area (Å²) >= 11 is 5.84. The summed E-state index contributed by atoms with van der Waals surface area (Å²) in [7, 11) is -2.71. The number of methoxy groups -OCH3 is 1. The number of hydrogen-bond acceptors (Lipinski definition) is 8. The summed E-state index contributed by atoms with van der Waals surface area (Å²) in [5.74, 6) is -6.42. The fourth-order valence-corrected chi connectivity index (χ4v) is 5.43. The molecule has 2 unspecified atom stereocenters. The van der Waals surface area contributed by atoms with E-state index in [1.54, 1.807) is 30.3 Å². The molecule has 0 amide bonds. The maximum absolute atomic E-state index is 13.6. The van der Waals surface area contributed by atoms with Gasteiger partial charge in [0, 0.05) is 30.4 Å². The van der Waals surface area contributed by atoms with Crippen LogP contribution >= 0.6 is 11.6 Å². The van der Waals surface area contributed by atoms with Gasteiger partial charge in [-0.05, 0) is 12.5 Å². The quantitative estimate of drug-likeness (QED) is 0.503. The van der Waals surface area contributed by atoms with Crippen LogP contribution in [0.4, 0.5) is 0 Å². The second-order valence-corrected chi connectivity index (χ2v) is 10.5. The predicted octanol–water partition coefficient (Wildman–Crippen LogP) is 1.83. The van der Waals surface area contributed by atoms with E-state index in [4.69, 9.17) is 16.3 Å².